The fourth-order valence-electron chi connectivity index (χ4n) is 3.79. The third-order valence-electron chi connectivity index (χ3n) is 5.62. The molecule has 1 saturated heterocycles. The molecule has 0 atom stereocenters. The highest BCUT2D eigenvalue weighted by Gasteiger charge is 2.24. The molecule has 0 saturated carbocycles. The van der Waals surface area contributed by atoms with Crippen LogP contribution in [-0.4, -0.2) is 58.2 Å². The Kier molecular flexibility index (Phi) is 7.76. The maximum atomic E-state index is 14.6. The van der Waals surface area contributed by atoms with Gasteiger partial charge in [0.2, 0.25) is 5.91 Å². The molecule has 0 spiro atoms. The van der Waals surface area contributed by atoms with E-state index in [-0.39, 0.29) is 27.7 Å². The van der Waals surface area contributed by atoms with Crippen molar-refractivity contribution in [2.45, 2.75) is 18.9 Å². The number of carboxylic acid groups (broad SMARTS) is 1. The van der Waals surface area contributed by atoms with E-state index >= 15 is 0 Å². The zero-order chi connectivity index (χ0) is 25.8. The van der Waals surface area contributed by atoms with Crippen molar-refractivity contribution in [1.82, 2.24) is 14.9 Å². The molecule has 1 aromatic heterocycles. The number of anilines is 2. The van der Waals surface area contributed by atoms with Gasteiger partial charge in [0.1, 0.15) is 18.2 Å². The number of piperidine rings is 1. The third kappa shape index (κ3) is 5.60. The minimum Gasteiger partial charge on any atom is -0.493 e. The number of halogens is 3. The number of carbonyl (C=O) groups excluding carboxylic acids is 1. The summed E-state index contributed by atoms with van der Waals surface area (Å²) < 4.78 is 26.3. The first kappa shape index (κ1) is 25.5. The second-order valence-electron chi connectivity index (χ2n) is 7.90. The van der Waals surface area contributed by atoms with E-state index in [2.05, 4.69) is 15.3 Å². The van der Waals surface area contributed by atoms with Crippen LogP contribution in [0.3, 0.4) is 0 Å². The van der Waals surface area contributed by atoms with Crippen molar-refractivity contribution in [3.8, 4) is 11.5 Å². The first-order chi connectivity index (χ1) is 17.3. The molecule has 36 heavy (non-hydrogen) atoms. The number of methoxy groups -OCH3 is 1. The number of aromatic nitrogens is 2. The summed E-state index contributed by atoms with van der Waals surface area (Å²) in [4.78, 5) is 32.8. The fraction of sp³-hybridized carbons (Fsp3) is 0.250. The van der Waals surface area contributed by atoms with Crippen LogP contribution < -0.4 is 14.8 Å². The van der Waals surface area contributed by atoms with Gasteiger partial charge in [0.15, 0.2) is 17.3 Å². The van der Waals surface area contributed by atoms with Crippen LogP contribution >= 0.6 is 23.2 Å². The second kappa shape index (κ2) is 11.0. The van der Waals surface area contributed by atoms with Crippen LogP contribution in [0.15, 0.2) is 42.7 Å². The van der Waals surface area contributed by atoms with Crippen molar-refractivity contribution in [2.75, 3.05) is 25.5 Å². The average molecular weight is 535 g/mol. The molecule has 4 rings (SSSR count). The minimum atomic E-state index is -1.18. The largest absolute Gasteiger partial charge is 0.493 e. The fourth-order valence-corrected chi connectivity index (χ4v) is 4.10. The molecule has 12 heteroatoms. The minimum absolute atomic E-state index is 0.0941. The molecule has 9 nitrogen and oxygen atoms in total. The van der Waals surface area contributed by atoms with Crippen molar-refractivity contribution < 1.29 is 28.6 Å². The molecular formula is C24H21Cl2FN4O5. The number of aliphatic carboxylic acids is 1. The lowest BCUT2D eigenvalue weighted by Gasteiger charge is -2.31. The van der Waals surface area contributed by atoms with Crippen LogP contribution in [0.4, 0.5) is 15.9 Å². The topological polar surface area (TPSA) is 114 Å². The average Bonchev–Trinajstić information content (AvgIpc) is 2.88. The number of carboxylic acids is 1. The highest BCUT2D eigenvalue weighted by molar-refractivity contribution is 6.42. The molecule has 0 bridgehead atoms. The van der Waals surface area contributed by atoms with E-state index in [0.29, 0.717) is 54.2 Å². The Morgan fingerprint density at radius 1 is 1.17 bits per heavy atom. The molecule has 3 aromatic rings. The van der Waals surface area contributed by atoms with E-state index in [0.717, 1.165) is 12.2 Å². The Hall–Kier alpha value is -3.63. The number of likely N-dealkylation sites (tertiary alicyclic amines) is 1. The molecule has 2 N–H and O–H groups in total. The summed E-state index contributed by atoms with van der Waals surface area (Å²) >= 11 is 11.8. The molecule has 0 unspecified atom stereocenters. The van der Waals surface area contributed by atoms with Crippen molar-refractivity contribution >= 4 is 57.5 Å². The van der Waals surface area contributed by atoms with Gasteiger partial charge < -0.3 is 24.8 Å². The van der Waals surface area contributed by atoms with E-state index in [9.17, 15) is 14.0 Å². The van der Waals surface area contributed by atoms with Gasteiger partial charge in [-0.2, -0.15) is 0 Å². The van der Waals surface area contributed by atoms with Crippen LogP contribution in [-0.2, 0) is 9.59 Å². The Morgan fingerprint density at radius 2 is 1.92 bits per heavy atom. The van der Waals surface area contributed by atoms with Crippen LogP contribution in [0.1, 0.15) is 12.8 Å². The summed E-state index contributed by atoms with van der Waals surface area (Å²) in [6, 6.07) is 6.33. The second-order valence-corrected chi connectivity index (χ2v) is 8.69. The van der Waals surface area contributed by atoms with Gasteiger partial charge in [-0.25, -0.2) is 19.2 Å². The Balaban J connectivity index is 1.55. The van der Waals surface area contributed by atoms with Gasteiger partial charge in [-0.05, 0) is 18.2 Å². The summed E-state index contributed by atoms with van der Waals surface area (Å²) in [5.74, 6) is -1.02. The molecular weight excluding hydrogens is 514 g/mol. The molecule has 0 radical (unpaired) electrons. The summed E-state index contributed by atoms with van der Waals surface area (Å²) in [5.41, 5.74) is 0.638. The van der Waals surface area contributed by atoms with E-state index in [1.807, 2.05) is 0 Å². The van der Waals surface area contributed by atoms with Crippen LogP contribution in [0.2, 0.25) is 10.0 Å². The van der Waals surface area contributed by atoms with Gasteiger partial charge in [0.05, 0.1) is 28.4 Å². The lowest BCUT2D eigenvalue weighted by molar-refractivity contribution is -0.132. The summed E-state index contributed by atoms with van der Waals surface area (Å²) in [5, 5.41) is 12.1. The number of amides is 1. The van der Waals surface area contributed by atoms with Crippen LogP contribution in [0.5, 0.6) is 11.5 Å². The molecule has 0 aliphatic carbocycles. The van der Waals surface area contributed by atoms with Crippen LogP contribution in [0, 0.1) is 5.82 Å². The van der Waals surface area contributed by atoms with E-state index in [1.165, 1.54) is 25.6 Å². The van der Waals surface area contributed by atoms with Crippen molar-refractivity contribution in [3.05, 3.63) is 58.6 Å². The van der Waals surface area contributed by atoms with Crippen molar-refractivity contribution in [2.24, 2.45) is 0 Å². The number of hydrogen-bond donors (Lipinski definition) is 2. The number of ether oxygens (including phenoxy) is 2. The number of nitrogens with zero attached hydrogens (tertiary/aromatic N) is 3. The molecule has 1 amide bonds. The first-order valence-corrected chi connectivity index (χ1v) is 11.6. The lowest BCUT2D eigenvalue weighted by Crippen LogP contribution is -2.41. The van der Waals surface area contributed by atoms with Crippen molar-refractivity contribution in [3.63, 3.8) is 0 Å². The van der Waals surface area contributed by atoms with E-state index < -0.39 is 11.8 Å². The Labute approximate surface area is 215 Å². The number of carbonyl (C=O) groups is 2. The molecule has 188 valence electrons. The molecule has 1 fully saturated rings. The summed E-state index contributed by atoms with van der Waals surface area (Å²) in [6.07, 6.45) is 4.07. The smallest absolute Gasteiger partial charge is 0.328 e. The van der Waals surface area contributed by atoms with Gasteiger partial charge in [0.25, 0.3) is 0 Å². The van der Waals surface area contributed by atoms with Crippen LogP contribution in [0.25, 0.3) is 10.9 Å². The predicted molar refractivity (Wildman–Crippen MR) is 133 cm³/mol. The number of fused-ring (bicyclic) bond motifs is 1. The molecule has 2 heterocycles. The monoisotopic (exact) mass is 534 g/mol. The quantitative estimate of drug-likeness (QED) is 0.327. The maximum Gasteiger partial charge on any atom is 0.328 e. The summed E-state index contributed by atoms with van der Waals surface area (Å²) in [7, 11) is 1.51. The third-order valence-corrected chi connectivity index (χ3v) is 6.41. The normalized spacial score (nSPS) is 14.3. The van der Waals surface area contributed by atoms with Gasteiger partial charge in [0, 0.05) is 49.5 Å². The SMILES string of the molecule is COc1cc2ncnc(Nc3ccc(Cl)c(Cl)c3F)c2cc1OC1CCN(C(=O)C=CC(=O)O)CC1. The maximum absolute atomic E-state index is 14.6. The van der Waals surface area contributed by atoms with Gasteiger partial charge in [-0.3, -0.25) is 4.79 Å². The standard InChI is InChI=1S/C24H21Cl2FN4O5/c1-35-18-11-17-14(24(29-12-28-17)30-16-3-2-15(25)22(26)23(16)27)10-19(18)36-13-6-8-31(9-7-13)20(32)4-5-21(33)34/h2-5,10-13H,6-9H2,1H3,(H,33,34)(H,28,29,30). The predicted octanol–water partition coefficient (Wildman–Crippen LogP) is 4.84. The molecule has 2 aromatic carbocycles. The number of rotatable bonds is 7. The molecule has 1 aliphatic rings. The van der Waals surface area contributed by atoms with Crippen molar-refractivity contribution in [1.29, 1.82) is 0 Å². The lowest BCUT2D eigenvalue weighted by atomic mass is 10.1. The first-order valence-electron chi connectivity index (χ1n) is 10.9. The van der Waals surface area contributed by atoms with E-state index in [1.54, 1.807) is 17.0 Å². The Bertz CT molecular complexity index is 1350. The zero-order valence-corrected chi connectivity index (χ0v) is 20.5. The summed E-state index contributed by atoms with van der Waals surface area (Å²) in [6.45, 7) is 0.825. The number of nitrogens with one attached hydrogen (secondary N) is 1. The van der Waals surface area contributed by atoms with E-state index in [4.69, 9.17) is 37.8 Å². The Morgan fingerprint density at radius 3 is 2.61 bits per heavy atom. The highest BCUT2D eigenvalue weighted by atomic mass is 35.5. The van der Waals surface area contributed by atoms with Gasteiger partial charge in [-0.1, -0.05) is 23.2 Å². The highest BCUT2D eigenvalue weighted by Crippen LogP contribution is 2.37. The molecule has 1 aliphatic heterocycles. The van der Waals surface area contributed by atoms with Gasteiger partial charge >= 0.3 is 5.97 Å². The number of benzene rings is 2. The zero-order valence-electron chi connectivity index (χ0n) is 19.0. The number of hydrogen-bond acceptors (Lipinski definition) is 7. The van der Waals surface area contributed by atoms with Gasteiger partial charge in [-0.15, -0.1) is 0 Å².